The molecule has 0 aromatic heterocycles. The van der Waals surface area contributed by atoms with Crippen molar-refractivity contribution in [2.45, 2.75) is 25.6 Å². The molecule has 1 aromatic rings. The normalized spacial score (nSPS) is 30.5. The van der Waals surface area contributed by atoms with Crippen LogP contribution in [0.3, 0.4) is 0 Å². The molecule has 0 radical (unpaired) electrons. The fourth-order valence-electron chi connectivity index (χ4n) is 3.17. The zero-order valence-electron chi connectivity index (χ0n) is 12.4. The van der Waals surface area contributed by atoms with E-state index in [2.05, 4.69) is 24.1 Å². The molecule has 2 aliphatic rings. The largest absolute Gasteiger partial charge is 0.467 e. The van der Waals surface area contributed by atoms with E-state index in [0.29, 0.717) is 23.3 Å². The van der Waals surface area contributed by atoms with E-state index in [1.165, 1.54) is 0 Å². The molecule has 3 atom stereocenters. The lowest BCUT2D eigenvalue weighted by Gasteiger charge is -2.56. The van der Waals surface area contributed by atoms with Crippen LogP contribution in [0.1, 0.15) is 25.5 Å². The topological polar surface area (TPSA) is 33.7 Å². The maximum atomic E-state index is 6.32. The monoisotopic (exact) mass is 326 g/mol. The molecule has 6 heteroatoms. The van der Waals surface area contributed by atoms with Gasteiger partial charge in [-0.3, -0.25) is 0 Å². The maximum absolute atomic E-state index is 6.32. The molecule has 0 saturated carbocycles. The molecule has 3 rings (SSSR count). The lowest BCUT2D eigenvalue weighted by atomic mass is 9.81. The van der Waals surface area contributed by atoms with Crippen molar-refractivity contribution in [3.63, 3.8) is 0 Å². The van der Waals surface area contributed by atoms with Gasteiger partial charge in [-0.2, -0.15) is 0 Å². The Morgan fingerprint density at radius 3 is 3.00 bits per heavy atom. The van der Waals surface area contributed by atoms with Crippen molar-refractivity contribution >= 4 is 28.9 Å². The number of benzene rings is 1. The average molecular weight is 327 g/mol. The van der Waals surface area contributed by atoms with Crippen LogP contribution < -0.4 is 10.1 Å². The molecule has 1 fully saturated rings. The van der Waals surface area contributed by atoms with Crippen LogP contribution in [0.15, 0.2) is 18.2 Å². The highest BCUT2D eigenvalue weighted by molar-refractivity contribution is 7.80. The molecule has 4 nitrogen and oxygen atoms in total. The molecule has 1 aromatic carbocycles. The van der Waals surface area contributed by atoms with Crippen LogP contribution in [-0.4, -0.2) is 36.0 Å². The third kappa shape index (κ3) is 2.28. The van der Waals surface area contributed by atoms with Crippen molar-refractivity contribution in [1.29, 1.82) is 0 Å². The average Bonchev–Trinajstić information content (AvgIpc) is 2.44. The van der Waals surface area contributed by atoms with Gasteiger partial charge in [-0.1, -0.05) is 18.5 Å². The summed E-state index contributed by atoms with van der Waals surface area (Å²) in [6.45, 7) is 5.55. The molecule has 3 unspecified atom stereocenters. The standard InChI is InChI=1S/C15H19ClN2O2S/c1-9-13-11-8-10(16)4-5-12(11)20-15(9,2)18(6-7-19-3)14(21)17-13/h4-5,8-9,13H,6-7H2,1-3H3,(H,17,21). The van der Waals surface area contributed by atoms with Crippen molar-refractivity contribution in [3.8, 4) is 5.75 Å². The summed E-state index contributed by atoms with van der Waals surface area (Å²) in [5.41, 5.74) is 0.591. The molecule has 0 spiro atoms. The lowest BCUT2D eigenvalue weighted by Crippen LogP contribution is -2.69. The van der Waals surface area contributed by atoms with Crippen molar-refractivity contribution in [1.82, 2.24) is 10.2 Å². The van der Waals surface area contributed by atoms with Crippen molar-refractivity contribution < 1.29 is 9.47 Å². The number of fused-ring (bicyclic) bond motifs is 4. The fraction of sp³-hybridized carbons (Fsp3) is 0.533. The first-order valence-corrected chi connectivity index (χ1v) is 7.81. The van der Waals surface area contributed by atoms with E-state index in [1.54, 1.807) is 7.11 Å². The van der Waals surface area contributed by atoms with E-state index in [0.717, 1.165) is 11.3 Å². The maximum Gasteiger partial charge on any atom is 0.186 e. The van der Waals surface area contributed by atoms with Crippen molar-refractivity contribution in [3.05, 3.63) is 28.8 Å². The van der Waals surface area contributed by atoms with Gasteiger partial charge < -0.3 is 19.7 Å². The summed E-state index contributed by atoms with van der Waals surface area (Å²) in [6, 6.07) is 5.86. The molecule has 114 valence electrons. The Kier molecular flexibility index (Phi) is 3.76. The number of ether oxygens (including phenoxy) is 2. The van der Waals surface area contributed by atoms with Gasteiger partial charge in [0.25, 0.3) is 0 Å². The smallest absolute Gasteiger partial charge is 0.186 e. The highest BCUT2D eigenvalue weighted by atomic mass is 35.5. The summed E-state index contributed by atoms with van der Waals surface area (Å²) in [7, 11) is 1.69. The van der Waals surface area contributed by atoms with E-state index in [1.807, 2.05) is 18.2 Å². The molecular weight excluding hydrogens is 308 g/mol. The number of halogens is 1. The molecular formula is C15H19ClN2O2S. The zero-order valence-corrected chi connectivity index (χ0v) is 13.9. The highest BCUT2D eigenvalue weighted by Gasteiger charge is 2.52. The van der Waals surface area contributed by atoms with Crippen LogP contribution >= 0.6 is 23.8 Å². The first kappa shape index (κ1) is 14.9. The predicted molar refractivity (Wildman–Crippen MR) is 86.7 cm³/mol. The SMILES string of the molecule is COCCN1C(=S)NC2c3cc(Cl)ccc3OC1(C)C2C. The van der Waals surface area contributed by atoms with Gasteiger partial charge in [0.2, 0.25) is 0 Å². The number of hydrogen-bond acceptors (Lipinski definition) is 3. The summed E-state index contributed by atoms with van der Waals surface area (Å²) >= 11 is 11.7. The summed E-state index contributed by atoms with van der Waals surface area (Å²) in [4.78, 5) is 2.07. The van der Waals surface area contributed by atoms with E-state index < -0.39 is 5.72 Å². The Balaban J connectivity index is 2.03. The van der Waals surface area contributed by atoms with Gasteiger partial charge in [0.05, 0.1) is 12.6 Å². The van der Waals surface area contributed by atoms with E-state index in [9.17, 15) is 0 Å². The van der Waals surface area contributed by atoms with Gasteiger partial charge >= 0.3 is 0 Å². The molecule has 2 aliphatic heterocycles. The Morgan fingerprint density at radius 1 is 1.52 bits per heavy atom. The minimum absolute atomic E-state index is 0.115. The number of nitrogens with one attached hydrogen (secondary N) is 1. The van der Waals surface area contributed by atoms with Crippen LogP contribution in [0.5, 0.6) is 5.75 Å². The summed E-state index contributed by atoms with van der Waals surface area (Å²) in [5, 5.41) is 4.84. The number of thiocarbonyl (C=S) groups is 1. The molecule has 0 aliphatic carbocycles. The van der Waals surface area contributed by atoms with Crippen LogP contribution in [0.25, 0.3) is 0 Å². The number of rotatable bonds is 3. The first-order chi connectivity index (χ1) is 9.97. The summed E-state index contributed by atoms with van der Waals surface area (Å²) in [5.74, 6) is 1.09. The highest BCUT2D eigenvalue weighted by Crippen LogP contribution is 2.48. The van der Waals surface area contributed by atoms with Gasteiger partial charge in [0, 0.05) is 30.2 Å². The second-order valence-corrected chi connectivity index (χ2v) is 6.52. The third-order valence-electron chi connectivity index (χ3n) is 4.55. The molecule has 1 saturated heterocycles. The second kappa shape index (κ2) is 5.30. The molecule has 0 amide bonds. The Hall–Kier alpha value is -1.04. The Morgan fingerprint density at radius 2 is 2.29 bits per heavy atom. The third-order valence-corrected chi connectivity index (χ3v) is 5.12. The van der Waals surface area contributed by atoms with Gasteiger partial charge in [-0.15, -0.1) is 0 Å². The van der Waals surface area contributed by atoms with Gasteiger partial charge in [0.1, 0.15) is 5.75 Å². The van der Waals surface area contributed by atoms with Crippen LogP contribution in [0.4, 0.5) is 0 Å². The predicted octanol–water partition coefficient (Wildman–Crippen LogP) is 2.96. The van der Waals surface area contributed by atoms with E-state index >= 15 is 0 Å². The summed E-state index contributed by atoms with van der Waals surface area (Å²) < 4.78 is 11.5. The Bertz CT molecular complexity index is 583. The minimum atomic E-state index is -0.480. The van der Waals surface area contributed by atoms with Crippen molar-refractivity contribution in [2.75, 3.05) is 20.3 Å². The van der Waals surface area contributed by atoms with Crippen molar-refractivity contribution in [2.24, 2.45) is 5.92 Å². The van der Waals surface area contributed by atoms with Crippen LogP contribution in [0, 0.1) is 5.92 Å². The molecule has 1 N–H and O–H groups in total. The molecule has 2 bridgehead atoms. The molecule has 2 heterocycles. The van der Waals surface area contributed by atoms with Gasteiger partial charge in [-0.25, -0.2) is 0 Å². The van der Waals surface area contributed by atoms with E-state index in [-0.39, 0.29) is 12.0 Å². The number of nitrogens with zero attached hydrogens (tertiary/aromatic N) is 1. The van der Waals surface area contributed by atoms with Crippen LogP contribution in [-0.2, 0) is 4.74 Å². The quantitative estimate of drug-likeness (QED) is 0.864. The first-order valence-electron chi connectivity index (χ1n) is 7.03. The fourth-order valence-corrected chi connectivity index (χ4v) is 3.75. The second-order valence-electron chi connectivity index (χ2n) is 5.70. The lowest BCUT2D eigenvalue weighted by molar-refractivity contribution is -0.114. The number of methoxy groups -OCH3 is 1. The van der Waals surface area contributed by atoms with Crippen LogP contribution in [0.2, 0.25) is 5.02 Å². The molecule has 21 heavy (non-hydrogen) atoms. The summed E-state index contributed by atoms with van der Waals surface area (Å²) in [6.07, 6.45) is 0. The van der Waals surface area contributed by atoms with E-state index in [4.69, 9.17) is 33.3 Å². The zero-order chi connectivity index (χ0) is 15.2. The van der Waals surface area contributed by atoms with Gasteiger partial charge in [-0.05, 0) is 37.3 Å². The Labute approximate surface area is 135 Å². The number of hydrogen-bond donors (Lipinski definition) is 1. The van der Waals surface area contributed by atoms with Gasteiger partial charge in [0.15, 0.2) is 10.8 Å². The minimum Gasteiger partial charge on any atom is -0.467 e.